The molecule has 0 fully saturated rings. The zero-order chi connectivity index (χ0) is 77.9. The van der Waals surface area contributed by atoms with Gasteiger partial charge in [-0.05, 0) is 12.8 Å². The highest BCUT2D eigenvalue weighted by molar-refractivity contribution is 5.69. The number of hydrogen-bond acceptors (Lipinski definition) is 31. The van der Waals surface area contributed by atoms with Crippen LogP contribution in [0, 0.1) is 0 Å². The minimum atomic E-state index is -0.311. The number of ether oxygens (including phenoxy) is 25. The van der Waals surface area contributed by atoms with Gasteiger partial charge in [-0.1, -0.05) is 117 Å². The van der Waals surface area contributed by atoms with Crippen LogP contribution in [0.1, 0.15) is 149 Å². The number of carbonyl (C=O) groups excluding carboxylic acids is 3. The van der Waals surface area contributed by atoms with Crippen LogP contribution in [0.5, 0.6) is 0 Å². The maximum Gasteiger partial charge on any atom is 0.305 e. The Hall–Kier alpha value is -2.59. The summed E-state index contributed by atoms with van der Waals surface area (Å²) >= 11 is 0. The van der Waals surface area contributed by atoms with Crippen LogP contribution in [-0.4, -0.2) is 364 Å². The first-order valence-corrected chi connectivity index (χ1v) is 39.9. The summed E-state index contributed by atoms with van der Waals surface area (Å²) in [6.45, 7) is 27.5. The molecule has 0 radical (unpaired) electrons. The van der Waals surface area contributed by atoms with E-state index in [1.165, 1.54) is 96.8 Å². The Morgan fingerprint density at radius 1 is 0.178 bits per heavy atom. The van der Waals surface area contributed by atoms with Crippen LogP contribution in [0.15, 0.2) is 0 Å². The van der Waals surface area contributed by atoms with E-state index in [0.29, 0.717) is 310 Å². The third-order valence-corrected chi connectivity index (χ3v) is 14.3. The van der Waals surface area contributed by atoms with Gasteiger partial charge in [-0.15, -0.1) is 0 Å². The topological polar surface area (TPSA) is 343 Å². The lowest BCUT2D eigenvalue weighted by molar-refractivity contribution is -0.146. The first-order chi connectivity index (χ1) is 52.9. The van der Waals surface area contributed by atoms with E-state index < -0.39 is 0 Å². The highest BCUT2D eigenvalue weighted by atomic mass is 16.6. The monoisotopic (exact) mass is 1560 g/mol. The summed E-state index contributed by atoms with van der Waals surface area (Å²) in [6, 6.07) is 0. The number of carbonyl (C=O) groups is 3. The van der Waals surface area contributed by atoms with Crippen molar-refractivity contribution in [2.24, 2.45) is 0 Å². The number of rotatable bonds is 92. The third-order valence-electron chi connectivity index (χ3n) is 14.3. The van der Waals surface area contributed by atoms with Crippen LogP contribution >= 0.6 is 0 Å². The Balaban J connectivity index is -0.00000155. The number of aliphatic hydroxyl groups is 3. The summed E-state index contributed by atoms with van der Waals surface area (Å²) in [7, 11) is 0. The predicted molar refractivity (Wildman–Crippen MR) is 402 cm³/mol. The standard InChI is InChI=1S/C32H64O12.C22H44O12.C22H44O7/c1-2-3-4-5-6-7-8-9-10-11-32(34)44-31-30-43-29-28-42-27-26-41-25-24-40-23-22-39-21-20-38-19-18-37-17-16-36-15-14-35-13-12-33;1-22(24)34-21-20-33-19-18-32-17-16-31-15-14-30-13-12-29-11-10-28-9-8-27-7-6-26-5-4-25-3-2-23;1-2-3-4-5-6-7-8-9-10-11-22(24)29-21-20-28-19-18-27-17-16-26-15-14-25-13-12-23/h33H,2-31H2,1H3;23H,2-21H2,1H3;23H,2-21H2,1H3. The van der Waals surface area contributed by atoms with Crippen LogP contribution in [0.4, 0.5) is 0 Å². The van der Waals surface area contributed by atoms with Crippen LogP contribution in [0.25, 0.3) is 0 Å². The SMILES string of the molecule is CC(=O)OCCOCCOCCOCCOCCOCCOCCOCCOCCOCCO.CCCCCCCCCCCC(=O)OCCOCCOCCOCCOCCO.CCCCCCCCCCCC(=O)OCCOCCOCCOCCOCCOCCOCCOCCOCCOCCO. The molecule has 3 N–H and O–H groups in total. The largest absolute Gasteiger partial charge is 0.463 e. The summed E-state index contributed by atoms with van der Waals surface area (Å²) in [5.74, 6) is -0.580. The molecule has 0 aromatic rings. The molecule has 0 saturated carbocycles. The molecule has 0 aliphatic rings. The molecule has 0 spiro atoms. The second-order valence-electron chi connectivity index (χ2n) is 23.6. The van der Waals surface area contributed by atoms with Crippen molar-refractivity contribution in [2.75, 3.05) is 330 Å². The number of hydrogen-bond donors (Lipinski definition) is 3. The van der Waals surface area contributed by atoms with Crippen molar-refractivity contribution in [3.63, 3.8) is 0 Å². The minimum absolute atomic E-state index is 0.0246. The van der Waals surface area contributed by atoms with Gasteiger partial charge in [0.15, 0.2) is 0 Å². The van der Waals surface area contributed by atoms with E-state index in [4.69, 9.17) is 134 Å². The van der Waals surface area contributed by atoms with Gasteiger partial charge < -0.3 is 134 Å². The van der Waals surface area contributed by atoms with Crippen molar-refractivity contribution in [1.29, 1.82) is 0 Å². The molecule has 0 unspecified atom stereocenters. The van der Waals surface area contributed by atoms with Gasteiger partial charge in [-0.3, -0.25) is 14.4 Å². The highest BCUT2D eigenvalue weighted by Crippen LogP contribution is 2.12. The number of aliphatic hydroxyl groups excluding tert-OH is 3. The Morgan fingerprint density at radius 3 is 0.458 bits per heavy atom. The summed E-state index contributed by atoms with van der Waals surface area (Å²) in [5, 5.41) is 25.7. The molecule has 642 valence electrons. The van der Waals surface area contributed by atoms with Crippen molar-refractivity contribution in [2.45, 2.75) is 149 Å². The van der Waals surface area contributed by atoms with E-state index >= 15 is 0 Å². The molecule has 0 rings (SSSR count). The van der Waals surface area contributed by atoms with Gasteiger partial charge in [0.25, 0.3) is 0 Å². The van der Waals surface area contributed by atoms with Gasteiger partial charge >= 0.3 is 17.9 Å². The molecular formula is C76H152O31. The summed E-state index contributed by atoms with van der Waals surface area (Å²) in [6.07, 6.45) is 23.3. The third kappa shape index (κ3) is 112. The lowest BCUT2D eigenvalue weighted by atomic mass is 10.1. The zero-order valence-corrected chi connectivity index (χ0v) is 66.8. The summed E-state index contributed by atoms with van der Waals surface area (Å²) < 4.78 is 133. The van der Waals surface area contributed by atoms with E-state index in [1.54, 1.807) is 0 Å². The average Bonchev–Trinajstić information content (AvgIpc) is 3.11. The van der Waals surface area contributed by atoms with E-state index in [9.17, 15) is 14.4 Å². The minimum Gasteiger partial charge on any atom is -0.463 e. The average molecular weight is 1560 g/mol. The van der Waals surface area contributed by atoms with E-state index in [0.717, 1.165) is 25.7 Å². The van der Waals surface area contributed by atoms with Crippen LogP contribution in [0.3, 0.4) is 0 Å². The molecule has 0 bridgehead atoms. The van der Waals surface area contributed by atoms with E-state index in [-0.39, 0.29) is 50.9 Å². The molecule has 31 heteroatoms. The Kier molecular flexibility index (Phi) is 107. The zero-order valence-electron chi connectivity index (χ0n) is 66.8. The molecule has 31 nitrogen and oxygen atoms in total. The van der Waals surface area contributed by atoms with Crippen LogP contribution < -0.4 is 0 Å². The Morgan fingerprint density at radius 2 is 0.308 bits per heavy atom. The maximum absolute atomic E-state index is 11.8. The van der Waals surface area contributed by atoms with Gasteiger partial charge in [0, 0.05) is 19.8 Å². The van der Waals surface area contributed by atoms with E-state index in [2.05, 4.69) is 13.8 Å². The molecule has 0 aliphatic carbocycles. The van der Waals surface area contributed by atoms with Crippen molar-refractivity contribution in [3.8, 4) is 0 Å². The van der Waals surface area contributed by atoms with Crippen molar-refractivity contribution in [3.05, 3.63) is 0 Å². The molecule has 0 aromatic heterocycles. The maximum atomic E-state index is 11.8. The lowest BCUT2D eigenvalue weighted by Gasteiger charge is -2.09. The first-order valence-electron chi connectivity index (χ1n) is 39.9. The molecule has 0 atom stereocenters. The predicted octanol–water partition coefficient (Wildman–Crippen LogP) is 6.79. The lowest BCUT2D eigenvalue weighted by Crippen LogP contribution is -2.15. The van der Waals surface area contributed by atoms with Gasteiger partial charge in [0.2, 0.25) is 0 Å². The smallest absolute Gasteiger partial charge is 0.305 e. The first kappa shape index (κ1) is 109. The quantitative estimate of drug-likeness (QED) is 0.0320. The van der Waals surface area contributed by atoms with Crippen LogP contribution in [0.2, 0.25) is 0 Å². The van der Waals surface area contributed by atoms with Crippen molar-refractivity contribution < 1.29 is 148 Å². The fourth-order valence-corrected chi connectivity index (χ4v) is 8.66. The van der Waals surface area contributed by atoms with Gasteiger partial charge in [-0.2, -0.15) is 0 Å². The molecule has 0 aliphatic heterocycles. The highest BCUT2D eigenvalue weighted by Gasteiger charge is 2.06. The molecule has 0 aromatic carbocycles. The van der Waals surface area contributed by atoms with Gasteiger partial charge in [0.1, 0.15) is 19.8 Å². The number of esters is 3. The van der Waals surface area contributed by atoms with Crippen molar-refractivity contribution in [1.82, 2.24) is 0 Å². The second kappa shape index (κ2) is 105. The molecule has 107 heavy (non-hydrogen) atoms. The van der Waals surface area contributed by atoms with Gasteiger partial charge in [-0.25, -0.2) is 0 Å². The van der Waals surface area contributed by atoms with Crippen LogP contribution in [-0.2, 0) is 133 Å². The molecule has 0 heterocycles. The fourth-order valence-electron chi connectivity index (χ4n) is 8.66. The summed E-state index contributed by atoms with van der Waals surface area (Å²) in [4.78, 5) is 33.9. The molecule has 0 amide bonds. The van der Waals surface area contributed by atoms with Gasteiger partial charge in [0.05, 0.1) is 311 Å². The second-order valence-corrected chi connectivity index (χ2v) is 23.6. The molecule has 0 saturated heterocycles. The Bertz CT molecular complexity index is 1620. The molecular weight excluding hydrogens is 1410 g/mol. The summed E-state index contributed by atoms with van der Waals surface area (Å²) in [5.41, 5.74) is 0. The van der Waals surface area contributed by atoms with Crippen molar-refractivity contribution >= 4 is 17.9 Å². The Labute approximate surface area is 643 Å². The number of unbranched alkanes of at least 4 members (excludes halogenated alkanes) is 16. The normalized spacial score (nSPS) is 11.3. The fraction of sp³-hybridized carbons (Fsp3) is 0.961. The van der Waals surface area contributed by atoms with E-state index in [1.807, 2.05) is 0 Å².